The van der Waals surface area contributed by atoms with Crippen LogP contribution in [0.4, 0.5) is 13.2 Å². The minimum Gasteiger partial charge on any atom is -0.346 e. The van der Waals surface area contributed by atoms with Gasteiger partial charge < -0.3 is 5.32 Å². The lowest BCUT2D eigenvalue weighted by molar-refractivity contribution is -0.137. The first-order valence-corrected chi connectivity index (χ1v) is 10.1. The predicted molar refractivity (Wildman–Crippen MR) is 97.1 cm³/mol. The number of hydrogen-bond acceptors (Lipinski definition) is 3. The van der Waals surface area contributed by atoms with E-state index >= 15 is 0 Å². The van der Waals surface area contributed by atoms with Crippen molar-refractivity contribution in [3.8, 4) is 0 Å². The highest BCUT2D eigenvalue weighted by atomic mass is 32.2. The highest BCUT2D eigenvalue weighted by Crippen LogP contribution is 2.30. The Balaban J connectivity index is 1.75. The lowest BCUT2D eigenvalue weighted by Gasteiger charge is -2.16. The number of carbonyl (C=O) groups excluding carboxylic acids is 1. The molecule has 3 rings (SSSR count). The maximum absolute atomic E-state index is 12.9. The summed E-state index contributed by atoms with van der Waals surface area (Å²) in [6.45, 7) is 1.56. The molecule has 1 fully saturated rings. The van der Waals surface area contributed by atoms with Crippen molar-refractivity contribution >= 4 is 15.9 Å². The summed E-state index contributed by atoms with van der Waals surface area (Å²) in [6.07, 6.45) is -2.90. The SMILES string of the molecule is CC(NC(=O)c1cccc(S(=O)(=O)NC2CC2)c1)c1cccc(C(F)(F)F)c1. The number of sulfonamides is 1. The van der Waals surface area contributed by atoms with E-state index < -0.39 is 33.7 Å². The zero-order valence-electron chi connectivity index (χ0n) is 15.0. The van der Waals surface area contributed by atoms with Crippen LogP contribution in [0.15, 0.2) is 53.4 Å². The van der Waals surface area contributed by atoms with Crippen LogP contribution >= 0.6 is 0 Å². The standard InChI is InChI=1S/C19H19F3N2O3S/c1-12(13-4-2-6-15(10-13)19(20,21)22)23-18(25)14-5-3-7-17(11-14)28(26,27)24-16-8-9-16/h2-7,10-12,16,24H,8-9H2,1H3,(H,23,25). The Kier molecular flexibility index (Phi) is 5.49. The largest absolute Gasteiger partial charge is 0.416 e. The van der Waals surface area contributed by atoms with Crippen LogP contribution in [-0.4, -0.2) is 20.4 Å². The van der Waals surface area contributed by atoms with Crippen LogP contribution in [0.1, 0.15) is 47.3 Å². The van der Waals surface area contributed by atoms with Crippen molar-refractivity contribution < 1.29 is 26.4 Å². The first kappa shape index (κ1) is 20.3. The fourth-order valence-electron chi connectivity index (χ4n) is 2.64. The number of benzene rings is 2. The van der Waals surface area contributed by atoms with Gasteiger partial charge in [0.15, 0.2) is 0 Å². The second kappa shape index (κ2) is 7.56. The van der Waals surface area contributed by atoms with E-state index in [1.165, 1.54) is 36.4 Å². The molecule has 9 heteroatoms. The fourth-order valence-corrected chi connectivity index (χ4v) is 3.99. The maximum Gasteiger partial charge on any atom is 0.416 e. The number of amides is 1. The van der Waals surface area contributed by atoms with Crippen LogP contribution in [0.3, 0.4) is 0 Å². The van der Waals surface area contributed by atoms with Crippen LogP contribution in [-0.2, 0) is 16.2 Å². The molecule has 28 heavy (non-hydrogen) atoms. The Labute approximate surface area is 161 Å². The molecule has 0 aromatic heterocycles. The van der Waals surface area contributed by atoms with Crippen molar-refractivity contribution in [2.75, 3.05) is 0 Å². The number of rotatable bonds is 6. The molecule has 1 aliphatic carbocycles. The van der Waals surface area contributed by atoms with Gasteiger partial charge in [0, 0.05) is 11.6 Å². The summed E-state index contributed by atoms with van der Waals surface area (Å²) in [6, 6.07) is 9.47. The van der Waals surface area contributed by atoms with E-state index in [1.54, 1.807) is 6.92 Å². The highest BCUT2D eigenvalue weighted by molar-refractivity contribution is 7.89. The van der Waals surface area contributed by atoms with E-state index in [0.717, 1.165) is 25.0 Å². The molecule has 1 unspecified atom stereocenters. The number of nitrogens with one attached hydrogen (secondary N) is 2. The normalized spacial score (nSPS) is 15.9. The molecule has 5 nitrogen and oxygen atoms in total. The van der Waals surface area contributed by atoms with Crippen molar-refractivity contribution in [3.63, 3.8) is 0 Å². The van der Waals surface area contributed by atoms with Gasteiger partial charge in [0.2, 0.25) is 10.0 Å². The first-order chi connectivity index (χ1) is 13.1. The van der Waals surface area contributed by atoms with Crippen molar-refractivity contribution in [2.24, 2.45) is 0 Å². The van der Waals surface area contributed by atoms with Crippen molar-refractivity contribution in [1.29, 1.82) is 0 Å². The first-order valence-electron chi connectivity index (χ1n) is 8.67. The summed E-state index contributed by atoms with van der Waals surface area (Å²) >= 11 is 0. The third-order valence-corrected chi connectivity index (χ3v) is 5.89. The minimum absolute atomic E-state index is 0.0289. The molecule has 0 saturated heterocycles. The second-order valence-electron chi connectivity index (χ2n) is 6.74. The molecule has 0 heterocycles. The Hall–Kier alpha value is -2.39. The van der Waals surface area contributed by atoms with Crippen LogP contribution in [0.2, 0.25) is 0 Å². The summed E-state index contributed by atoms with van der Waals surface area (Å²) < 4.78 is 65.7. The van der Waals surface area contributed by atoms with Crippen LogP contribution in [0, 0.1) is 0 Å². The molecule has 2 N–H and O–H groups in total. The average molecular weight is 412 g/mol. The molecule has 0 spiro atoms. The van der Waals surface area contributed by atoms with Gasteiger partial charge in [0.25, 0.3) is 5.91 Å². The third kappa shape index (κ3) is 4.90. The van der Waals surface area contributed by atoms with Gasteiger partial charge in [-0.25, -0.2) is 13.1 Å². The molecule has 2 aromatic carbocycles. The zero-order valence-corrected chi connectivity index (χ0v) is 15.8. The zero-order chi connectivity index (χ0) is 20.5. The molecule has 1 atom stereocenters. The van der Waals surface area contributed by atoms with Gasteiger partial charge in [0.1, 0.15) is 0 Å². The van der Waals surface area contributed by atoms with Gasteiger partial charge in [0.05, 0.1) is 16.5 Å². The number of alkyl halides is 3. The van der Waals surface area contributed by atoms with E-state index in [2.05, 4.69) is 10.0 Å². The van der Waals surface area contributed by atoms with Crippen LogP contribution < -0.4 is 10.0 Å². The molecule has 1 saturated carbocycles. The monoisotopic (exact) mass is 412 g/mol. The van der Waals surface area contributed by atoms with E-state index in [-0.39, 0.29) is 16.5 Å². The summed E-state index contributed by atoms with van der Waals surface area (Å²) in [7, 11) is -3.71. The van der Waals surface area contributed by atoms with Crippen molar-refractivity contribution in [1.82, 2.24) is 10.0 Å². The summed E-state index contributed by atoms with van der Waals surface area (Å²) in [4.78, 5) is 12.4. The molecule has 0 radical (unpaired) electrons. The molecular formula is C19H19F3N2O3S. The smallest absolute Gasteiger partial charge is 0.346 e. The predicted octanol–water partition coefficient (Wildman–Crippen LogP) is 3.64. The van der Waals surface area contributed by atoms with Gasteiger partial charge in [-0.3, -0.25) is 4.79 Å². The lowest BCUT2D eigenvalue weighted by Crippen LogP contribution is -2.28. The second-order valence-corrected chi connectivity index (χ2v) is 8.46. The van der Waals surface area contributed by atoms with Gasteiger partial charge >= 0.3 is 6.18 Å². The van der Waals surface area contributed by atoms with Gasteiger partial charge in [-0.2, -0.15) is 13.2 Å². The van der Waals surface area contributed by atoms with E-state index in [4.69, 9.17) is 0 Å². The van der Waals surface area contributed by atoms with E-state index in [1.807, 2.05) is 0 Å². The molecular weight excluding hydrogens is 393 g/mol. The fraction of sp³-hybridized carbons (Fsp3) is 0.316. The van der Waals surface area contributed by atoms with Gasteiger partial charge in [-0.1, -0.05) is 18.2 Å². The van der Waals surface area contributed by atoms with E-state index in [9.17, 15) is 26.4 Å². The Bertz CT molecular complexity index is 986. The Morgan fingerprint density at radius 1 is 1.11 bits per heavy atom. The van der Waals surface area contributed by atoms with Gasteiger partial charge in [-0.15, -0.1) is 0 Å². The molecule has 0 aliphatic heterocycles. The quantitative estimate of drug-likeness (QED) is 0.761. The number of carbonyl (C=O) groups is 1. The van der Waals surface area contributed by atoms with E-state index in [0.29, 0.717) is 5.56 Å². The van der Waals surface area contributed by atoms with Crippen molar-refractivity contribution in [2.45, 2.75) is 42.9 Å². The summed E-state index contributed by atoms with van der Waals surface area (Å²) in [5, 5.41) is 2.60. The van der Waals surface area contributed by atoms with Crippen molar-refractivity contribution in [3.05, 3.63) is 65.2 Å². The average Bonchev–Trinajstić information content (AvgIpc) is 3.44. The Morgan fingerprint density at radius 2 is 1.79 bits per heavy atom. The molecule has 2 aromatic rings. The van der Waals surface area contributed by atoms with Crippen LogP contribution in [0.5, 0.6) is 0 Å². The summed E-state index contributed by atoms with van der Waals surface area (Å²) in [5.74, 6) is -0.576. The molecule has 150 valence electrons. The summed E-state index contributed by atoms with van der Waals surface area (Å²) in [5.41, 5.74) is -0.398. The third-order valence-electron chi connectivity index (χ3n) is 4.37. The maximum atomic E-state index is 12.9. The topological polar surface area (TPSA) is 75.3 Å². The van der Waals surface area contributed by atoms with Crippen LogP contribution in [0.25, 0.3) is 0 Å². The number of hydrogen-bond donors (Lipinski definition) is 2. The molecule has 1 amide bonds. The minimum atomic E-state index is -4.48. The Morgan fingerprint density at radius 3 is 2.43 bits per heavy atom. The highest BCUT2D eigenvalue weighted by Gasteiger charge is 2.31. The van der Waals surface area contributed by atoms with Gasteiger partial charge in [-0.05, 0) is 55.7 Å². The number of halogens is 3. The molecule has 0 bridgehead atoms. The molecule has 1 aliphatic rings. The lowest BCUT2D eigenvalue weighted by atomic mass is 10.0.